The molecule has 1 aliphatic rings. The van der Waals surface area contributed by atoms with Crippen molar-refractivity contribution >= 4 is 0 Å². The van der Waals surface area contributed by atoms with Crippen molar-refractivity contribution in [2.45, 2.75) is 30.0 Å². The van der Waals surface area contributed by atoms with Crippen LogP contribution in [-0.4, -0.2) is 10.2 Å². The first-order valence-corrected chi connectivity index (χ1v) is 8.77. The Balaban J connectivity index is 1.92. The molecule has 25 heavy (non-hydrogen) atoms. The Morgan fingerprint density at radius 2 is 1.12 bits per heavy atom. The molecule has 1 fully saturated rings. The number of aliphatic hydroxyl groups is 2. The lowest BCUT2D eigenvalue weighted by Crippen LogP contribution is -2.48. The van der Waals surface area contributed by atoms with Crippen LogP contribution in [0.1, 0.15) is 35.4 Å². The molecule has 1 aliphatic carbocycles. The maximum atomic E-state index is 12.0. The van der Waals surface area contributed by atoms with E-state index in [2.05, 4.69) is 0 Å². The zero-order valence-corrected chi connectivity index (χ0v) is 14.0. The Labute approximate surface area is 148 Å². The van der Waals surface area contributed by atoms with E-state index in [1.807, 2.05) is 91.0 Å². The highest BCUT2D eigenvalue weighted by molar-refractivity contribution is 5.41. The Morgan fingerprint density at radius 3 is 1.68 bits per heavy atom. The average Bonchev–Trinajstić information content (AvgIpc) is 2.97. The molecular formula is C23H22O2. The molecule has 0 saturated heterocycles. The van der Waals surface area contributed by atoms with E-state index in [0.29, 0.717) is 6.42 Å². The highest BCUT2D eigenvalue weighted by Gasteiger charge is 2.60. The normalized spacial score (nSPS) is 28.8. The SMILES string of the molecule is O[C@@]1(c2ccccc2)CC[C@@H](c2ccccc2)[C@@]1(O)c1ccccc1. The number of hydrogen-bond donors (Lipinski definition) is 2. The van der Waals surface area contributed by atoms with Crippen LogP contribution in [0.25, 0.3) is 0 Å². The van der Waals surface area contributed by atoms with Gasteiger partial charge in [-0.05, 0) is 29.5 Å². The first-order chi connectivity index (χ1) is 12.2. The zero-order valence-electron chi connectivity index (χ0n) is 14.0. The van der Waals surface area contributed by atoms with Gasteiger partial charge in [0.05, 0.1) is 0 Å². The minimum atomic E-state index is -1.38. The van der Waals surface area contributed by atoms with E-state index in [9.17, 15) is 10.2 Å². The van der Waals surface area contributed by atoms with Gasteiger partial charge in [0, 0.05) is 5.92 Å². The summed E-state index contributed by atoms with van der Waals surface area (Å²) < 4.78 is 0. The van der Waals surface area contributed by atoms with Crippen LogP contribution >= 0.6 is 0 Å². The summed E-state index contributed by atoms with van der Waals surface area (Å²) in [5.41, 5.74) is -0.124. The molecule has 0 radical (unpaired) electrons. The van der Waals surface area contributed by atoms with Crippen molar-refractivity contribution in [2.75, 3.05) is 0 Å². The van der Waals surface area contributed by atoms with Crippen molar-refractivity contribution in [1.82, 2.24) is 0 Å². The van der Waals surface area contributed by atoms with E-state index in [4.69, 9.17) is 0 Å². The standard InChI is InChI=1S/C23H22O2/c24-22(19-12-6-2-7-13-19)17-16-21(18-10-4-1-5-11-18)23(22,25)20-14-8-3-9-15-20/h1-15,21,24-25H,16-17H2/t21-,22+,23-/m0/s1. The molecule has 0 amide bonds. The van der Waals surface area contributed by atoms with Gasteiger partial charge in [-0.1, -0.05) is 91.0 Å². The van der Waals surface area contributed by atoms with Crippen molar-refractivity contribution in [3.05, 3.63) is 108 Å². The zero-order chi connectivity index (χ0) is 17.3. The van der Waals surface area contributed by atoms with Crippen molar-refractivity contribution in [1.29, 1.82) is 0 Å². The molecule has 2 nitrogen and oxygen atoms in total. The van der Waals surface area contributed by atoms with Crippen LogP contribution in [0.3, 0.4) is 0 Å². The monoisotopic (exact) mass is 330 g/mol. The lowest BCUT2D eigenvalue weighted by molar-refractivity contribution is -0.151. The Kier molecular flexibility index (Phi) is 3.95. The summed E-state index contributed by atoms with van der Waals surface area (Å²) in [5, 5.41) is 23.7. The fourth-order valence-corrected chi connectivity index (χ4v) is 4.34. The molecule has 1 saturated carbocycles. The Hall–Kier alpha value is -2.42. The van der Waals surface area contributed by atoms with E-state index >= 15 is 0 Å². The lowest BCUT2D eigenvalue weighted by Gasteiger charge is -2.42. The fourth-order valence-electron chi connectivity index (χ4n) is 4.34. The Morgan fingerprint density at radius 1 is 0.640 bits per heavy atom. The molecule has 0 unspecified atom stereocenters. The Bertz CT molecular complexity index is 832. The van der Waals surface area contributed by atoms with Gasteiger partial charge in [0.15, 0.2) is 0 Å². The first kappa shape index (κ1) is 16.1. The predicted octanol–water partition coefficient (Wildman–Crippen LogP) is 4.34. The van der Waals surface area contributed by atoms with Crippen LogP contribution in [0.4, 0.5) is 0 Å². The third-order valence-corrected chi connectivity index (χ3v) is 5.60. The van der Waals surface area contributed by atoms with Gasteiger partial charge < -0.3 is 10.2 Å². The number of benzene rings is 3. The van der Waals surface area contributed by atoms with Crippen LogP contribution in [0.5, 0.6) is 0 Å². The molecule has 0 bridgehead atoms. The molecule has 2 N–H and O–H groups in total. The molecule has 2 heteroatoms. The molecule has 126 valence electrons. The molecule has 0 aromatic heterocycles. The summed E-state index contributed by atoms with van der Waals surface area (Å²) in [6.07, 6.45) is 1.24. The van der Waals surface area contributed by atoms with Crippen molar-refractivity contribution in [3.8, 4) is 0 Å². The quantitative estimate of drug-likeness (QED) is 0.750. The lowest BCUT2D eigenvalue weighted by atomic mass is 9.70. The molecule has 3 aromatic carbocycles. The molecule has 0 heterocycles. The van der Waals surface area contributed by atoms with Crippen molar-refractivity contribution in [3.63, 3.8) is 0 Å². The number of rotatable bonds is 3. The summed E-state index contributed by atoms with van der Waals surface area (Å²) in [5.74, 6) is -0.165. The molecule has 3 aromatic rings. The van der Waals surface area contributed by atoms with E-state index in [-0.39, 0.29) is 5.92 Å². The van der Waals surface area contributed by atoms with Gasteiger partial charge in [-0.25, -0.2) is 0 Å². The van der Waals surface area contributed by atoms with Gasteiger partial charge in [0.2, 0.25) is 0 Å². The summed E-state index contributed by atoms with van der Waals surface area (Å²) >= 11 is 0. The molecular weight excluding hydrogens is 308 g/mol. The van der Waals surface area contributed by atoms with Gasteiger partial charge in [-0.15, -0.1) is 0 Å². The van der Waals surface area contributed by atoms with Crippen molar-refractivity contribution < 1.29 is 10.2 Å². The summed E-state index contributed by atoms with van der Waals surface area (Å²) in [6.45, 7) is 0. The minimum Gasteiger partial charge on any atom is -0.382 e. The van der Waals surface area contributed by atoms with E-state index in [0.717, 1.165) is 23.1 Å². The second kappa shape index (κ2) is 6.14. The fraction of sp³-hybridized carbons (Fsp3) is 0.217. The van der Waals surface area contributed by atoms with Crippen molar-refractivity contribution in [2.24, 2.45) is 0 Å². The van der Waals surface area contributed by atoms with Gasteiger partial charge in [-0.2, -0.15) is 0 Å². The first-order valence-electron chi connectivity index (χ1n) is 8.77. The maximum Gasteiger partial charge on any atom is 0.129 e. The predicted molar refractivity (Wildman–Crippen MR) is 99.1 cm³/mol. The maximum absolute atomic E-state index is 12.0. The smallest absolute Gasteiger partial charge is 0.129 e. The van der Waals surface area contributed by atoms with Crippen LogP contribution in [0.2, 0.25) is 0 Å². The third-order valence-electron chi connectivity index (χ3n) is 5.60. The third kappa shape index (κ3) is 2.41. The largest absolute Gasteiger partial charge is 0.382 e. The van der Waals surface area contributed by atoms with E-state index in [1.165, 1.54) is 0 Å². The second-order valence-electron chi connectivity index (χ2n) is 6.86. The van der Waals surface area contributed by atoms with Crippen LogP contribution < -0.4 is 0 Å². The van der Waals surface area contributed by atoms with E-state index in [1.54, 1.807) is 0 Å². The number of hydrogen-bond acceptors (Lipinski definition) is 2. The highest BCUT2D eigenvalue weighted by Crippen LogP contribution is 2.59. The van der Waals surface area contributed by atoms with Gasteiger partial charge >= 0.3 is 0 Å². The summed E-state index contributed by atoms with van der Waals surface area (Å²) in [7, 11) is 0. The highest BCUT2D eigenvalue weighted by atomic mass is 16.4. The van der Waals surface area contributed by atoms with Gasteiger partial charge in [0.25, 0.3) is 0 Å². The van der Waals surface area contributed by atoms with Crippen LogP contribution in [-0.2, 0) is 11.2 Å². The van der Waals surface area contributed by atoms with E-state index < -0.39 is 11.2 Å². The van der Waals surface area contributed by atoms with Crippen LogP contribution in [0, 0.1) is 0 Å². The summed E-state index contributed by atoms with van der Waals surface area (Å²) in [6, 6.07) is 29.2. The molecule has 0 aliphatic heterocycles. The molecule has 4 rings (SSSR count). The average molecular weight is 330 g/mol. The van der Waals surface area contributed by atoms with Gasteiger partial charge in [-0.3, -0.25) is 0 Å². The molecule has 3 atom stereocenters. The van der Waals surface area contributed by atoms with Crippen LogP contribution in [0.15, 0.2) is 91.0 Å². The molecule has 0 spiro atoms. The minimum absolute atomic E-state index is 0.165. The second-order valence-corrected chi connectivity index (χ2v) is 6.86. The van der Waals surface area contributed by atoms with Gasteiger partial charge in [0.1, 0.15) is 11.2 Å². The summed E-state index contributed by atoms with van der Waals surface area (Å²) in [4.78, 5) is 0. The topological polar surface area (TPSA) is 40.5 Å².